The van der Waals surface area contributed by atoms with Gasteiger partial charge in [-0.05, 0) is 36.1 Å². The maximum Gasteiger partial charge on any atom is 0.433 e. The molecule has 7 heteroatoms. The lowest BCUT2D eigenvalue weighted by atomic mass is 10.0. The minimum atomic E-state index is -4.54. The van der Waals surface area contributed by atoms with Crippen LogP contribution in [0.2, 0.25) is 0 Å². The molecule has 4 nitrogen and oxygen atoms in total. The Labute approximate surface area is 154 Å². The number of benzene rings is 1. The van der Waals surface area contributed by atoms with Gasteiger partial charge in [0.05, 0.1) is 0 Å². The van der Waals surface area contributed by atoms with Gasteiger partial charge in [0.2, 0.25) is 0 Å². The molecule has 0 spiro atoms. The molecule has 0 fully saturated rings. The summed E-state index contributed by atoms with van der Waals surface area (Å²) in [5, 5.41) is 0. The largest absolute Gasteiger partial charge is 0.433 e. The zero-order valence-electron chi connectivity index (χ0n) is 14.4. The number of fused-ring (bicyclic) bond motifs is 1. The molecule has 1 aromatic carbocycles. The normalized spacial score (nSPS) is 14.6. The summed E-state index contributed by atoms with van der Waals surface area (Å²) in [5.74, 6) is 0.348. The first-order valence-corrected chi connectivity index (χ1v) is 8.69. The molecule has 0 saturated carbocycles. The van der Waals surface area contributed by atoms with Gasteiger partial charge in [0, 0.05) is 37.1 Å². The highest BCUT2D eigenvalue weighted by Gasteiger charge is 2.34. The number of nitrogens with zero attached hydrogens (tertiary/aromatic N) is 4. The van der Waals surface area contributed by atoms with Crippen LogP contribution < -0.4 is 4.90 Å². The molecule has 138 valence electrons. The summed E-state index contributed by atoms with van der Waals surface area (Å²) in [6, 6.07) is 12.3. The predicted octanol–water partition coefficient (Wildman–Crippen LogP) is 4.51. The Morgan fingerprint density at radius 2 is 1.67 bits per heavy atom. The topological polar surface area (TPSA) is 41.9 Å². The Hall–Kier alpha value is -2.96. The lowest BCUT2D eigenvalue weighted by Crippen LogP contribution is -2.25. The molecule has 0 radical (unpaired) electrons. The van der Waals surface area contributed by atoms with Crippen molar-refractivity contribution in [1.82, 2.24) is 15.0 Å². The summed E-state index contributed by atoms with van der Waals surface area (Å²) < 4.78 is 40.3. The number of halogens is 3. The van der Waals surface area contributed by atoms with Crippen LogP contribution in [0.4, 0.5) is 19.0 Å². The van der Waals surface area contributed by atoms with Crippen molar-refractivity contribution in [3.05, 3.63) is 71.7 Å². The Balaban J connectivity index is 1.78. The van der Waals surface area contributed by atoms with E-state index < -0.39 is 11.9 Å². The molecular formula is C20H17F3N4. The van der Waals surface area contributed by atoms with E-state index in [1.165, 1.54) is 18.0 Å². The second-order valence-electron chi connectivity index (χ2n) is 6.46. The van der Waals surface area contributed by atoms with Crippen molar-refractivity contribution in [2.45, 2.75) is 25.6 Å². The van der Waals surface area contributed by atoms with E-state index in [0.717, 1.165) is 24.5 Å². The van der Waals surface area contributed by atoms with Crippen LogP contribution in [-0.2, 0) is 19.1 Å². The van der Waals surface area contributed by atoms with Gasteiger partial charge in [0.15, 0.2) is 11.5 Å². The van der Waals surface area contributed by atoms with Crippen LogP contribution in [0, 0.1) is 0 Å². The van der Waals surface area contributed by atoms with E-state index in [4.69, 9.17) is 0 Å². The van der Waals surface area contributed by atoms with Crippen molar-refractivity contribution >= 4 is 5.82 Å². The Morgan fingerprint density at radius 1 is 0.926 bits per heavy atom. The van der Waals surface area contributed by atoms with E-state index in [1.54, 1.807) is 12.1 Å². The molecule has 0 aliphatic carbocycles. The monoisotopic (exact) mass is 370 g/mol. The Bertz CT molecular complexity index is 941. The van der Waals surface area contributed by atoms with Crippen LogP contribution in [0.15, 0.2) is 54.9 Å². The third-order valence-corrected chi connectivity index (χ3v) is 4.62. The molecule has 3 aromatic rings. The first kappa shape index (κ1) is 17.5. The first-order chi connectivity index (χ1) is 13.0. The number of hydrogen-bond acceptors (Lipinski definition) is 4. The lowest BCUT2D eigenvalue weighted by Gasteiger charge is -2.23. The van der Waals surface area contributed by atoms with Gasteiger partial charge in [0.1, 0.15) is 5.82 Å². The molecule has 0 saturated heterocycles. The number of aromatic nitrogens is 3. The zero-order valence-corrected chi connectivity index (χ0v) is 14.4. The van der Waals surface area contributed by atoms with Gasteiger partial charge in [-0.2, -0.15) is 13.2 Å². The van der Waals surface area contributed by atoms with Crippen LogP contribution in [0.25, 0.3) is 11.4 Å². The van der Waals surface area contributed by atoms with Gasteiger partial charge in [-0.25, -0.2) is 9.97 Å². The quantitative estimate of drug-likeness (QED) is 0.666. The number of anilines is 1. The van der Waals surface area contributed by atoms with Crippen LogP contribution in [-0.4, -0.2) is 21.5 Å². The average molecular weight is 370 g/mol. The van der Waals surface area contributed by atoms with Crippen LogP contribution in [0.3, 0.4) is 0 Å². The van der Waals surface area contributed by atoms with Crippen LogP contribution >= 0.6 is 0 Å². The molecule has 0 unspecified atom stereocenters. The summed E-state index contributed by atoms with van der Waals surface area (Å²) in [4.78, 5) is 14.0. The number of rotatable bonds is 2. The zero-order chi connectivity index (χ0) is 18.9. The molecule has 0 N–H and O–H groups in total. The number of hydrogen-bond donors (Lipinski definition) is 0. The predicted molar refractivity (Wildman–Crippen MR) is 96.1 cm³/mol. The number of aryl methyl sites for hydroxylation is 1. The van der Waals surface area contributed by atoms with Gasteiger partial charge in [0.25, 0.3) is 0 Å². The second kappa shape index (κ2) is 6.98. The van der Waals surface area contributed by atoms with Crippen LogP contribution in [0.5, 0.6) is 0 Å². The van der Waals surface area contributed by atoms with Gasteiger partial charge < -0.3 is 4.90 Å². The fourth-order valence-electron chi connectivity index (χ4n) is 3.27. The molecule has 1 aliphatic rings. The first-order valence-electron chi connectivity index (χ1n) is 8.69. The molecule has 0 atom stereocenters. The summed E-state index contributed by atoms with van der Waals surface area (Å²) >= 11 is 0. The average Bonchev–Trinajstić information content (AvgIpc) is 2.90. The molecule has 4 rings (SSSR count). The van der Waals surface area contributed by atoms with Crippen molar-refractivity contribution in [2.75, 3.05) is 11.4 Å². The molecule has 3 heterocycles. The fourth-order valence-corrected chi connectivity index (χ4v) is 3.27. The van der Waals surface area contributed by atoms with Crippen LogP contribution in [0.1, 0.15) is 23.2 Å². The van der Waals surface area contributed by atoms with Crippen molar-refractivity contribution in [2.24, 2.45) is 0 Å². The number of pyridine rings is 1. The van der Waals surface area contributed by atoms with Crippen molar-refractivity contribution in [3.63, 3.8) is 0 Å². The maximum absolute atomic E-state index is 13.4. The fraction of sp³-hybridized carbons (Fsp3) is 0.250. The molecule has 0 amide bonds. The Morgan fingerprint density at radius 3 is 2.41 bits per heavy atom. The summed E-state index contributed by atoms with van der Waals surface area (Å²) in [6.07, 6.45) is 0.249. The van der Waals surface area contributed by atoms with Gasteiger partial charge >= 0.3 is 6.18 Å². The van der Waals surface area contributed by atoms with E-state index in [1.807, 2.05) is 23.1 Å². The van der Waals surface area contributed by atoms with E-state index in [9.17, 15) is 13.2 Å². The molecule has 2 aromatic heterocycles. The third kappa shape index (κ3) is 3.77. The minimum Gasteiger partial charge on any atom is -0.352 e. The minimum absolute atomic E-state index is 0.0553. The number of alkyl halides is 3. The van der Waals surface area contributed by atoms with Gasteiger partial charge in [-0.1, -0.05) is 24.3 Å². The molecule has 0 bridgehead atoms. The second-order valence-corrected chi connectivity index (χ2v) is 6.46. The van der Waals surface area contributed by atoms with E-state index in [0.29, 0.717) is 24.5 Å². The molecule has 27 heavy (non-hydrogen) atoms. The third-order valence-electron chi connectivity index (χ3n) is 4.62. The van der Waals surface area contributed by atoms with Crippen molar-refractivity contribution < 1.29 is 13.2 Å². The Kier molecular flexibility index (Phi) is 4.51. The molecular weight excluding hydrogens is 353 g/mol. The highest BCUT2D eigenvalue weighted by Crippen LogP contribution is 2.32. The van der Waals surface area contributed by atoms with E-state index in [2.05, 4.69) is 21.0 Å². The smallest absolute Gasteiger partial charge is 0.352 e. The van der Waals surface area contributed by atoms with E-state index >= 15 is 0 Å². The van der Waals surface area contributed by atoms with Gasteiger partial charge in [-0.15, -0.1) is 0 Å². The lowest BCUT2D eigenvalue weighted by molar-refractivity contribution is -0.141. The van der Waals surface area contributed by atoms with Crippen molar-refractivity contribution in [1.29, 1.82) is 0 Å². The standard InChI is InChI=1S/C20H17F3N4/c21-20(22,23)17-12-18(26-19(25-17)15-7-9-24-10-8-15)27-11-3-6-14-4-1-2-5-16(14)13-27/h1-2,4-5,7-10,12H,3,6,11,13H2. The molecule has 1 aliphatic heterocycles. The maximum atomic E-state index is 13.4. The highest BCUT2D eigenvalue weighted by atomic mass is 19.4. The summed E-state index contributed by atoms with van der Waals surface area (Å²) in [7, 11) is 0. The van der Waals surface area contributed by atoms with Gasteiger partial charge in [-0.3, -0.25) is 4.98 Å². The van der Waals surface area contributed by atoms with E-state index in [-0.39, 0.29) is 5.82 Å². The summed E-state index contributed by atoms with van der Waals surface area (Å²) in [5.41, 5.74) is 1.93. The summed E-state index contributed by atoms with van der Waals surface area (Å²) in [6.45, 7) is 1.17. The van der Waals surface area contributed by atoms with Crippen molar-refractivity contribution in [3.8, 4) is 11.4 Å². The highest BCUT2D eigenvalue weighted by molar-refractivity contribution is 5.58. The SMILES string of the molecule is FC(F)(F)c1cc(N2CCCc3ccccc3C2)nc(-c2ccncc2)n1.